The number of aliphatic hydroxyl groups excluding tert-OH is 1. The maximum absolute atomic E-state index is 13.7. The summed E-state index contributed by atoms with van der Waals surface area (Å²) < 4.78 is 24.9. The second-order valence-electron chi connectivity index (χ2n) is 9.89. The zero-order chi connectivity index (χ0) is 25.0. The van der Waals surface area contributed by atoms with E-state index in [-0.39, 0.29) is 35.8 Å². The predicted octanol–water partition coefficient (Wildman–Crippen LogP) is 5.26. The number of esters is 1. The van der Waals surface area contributed by atoms with Gasteiger partial charge < -0.3 is 14.6 Å². The Bertz CT molecular complexity index is 1080. The molecule has 0 spiro atoms. The number of hydrogen-bond acceptors (Lipinski definition) is 6. The fourth-order valence-electron chi connectivity index (χ4n) is 5.12. The molecule has 1 saturated heterocycles. The van der Waals surface area contributed by atoms with Gasteiger partial charge >= 0.3 is 12.1 Å². The molecule has 7 nitrogen and oxygen atoms in total. The Kier molecular flexibility index (Phi) is 7.50. The third-order valence-corrected chi connectivity index (χ3v) is 6.68. The molecule has 2 heterocycles. The Morgan fingerprint density at radius 1 is 1.26 bits per heavy atom. The molecule has 2 aliphatic rings. The Labute approximate surface area is 204 Å². The summed E-state index contributed by atoms with van der Waals surface area (Å²) in [7, 11) is 0. The summed E-state index contributed by atoms with van der Waals surface area (Å²) in [4.78, 5) is 28.3. The molecule has 0 bridgehead atoms. The minimum absolute atomic E-state index is 0.0334. The molecule has 0 radical (unpaired) electrons. The summed E-state index contributed by atoms with van der Waals surface area (Å²) in [6.07, 6.45) is 4.00. The number of nitrogens with one attached hydrogen (secondary N) is 1. The number of amides is 1. The van der Waals surface area contributed by atoms with Crippen molar-refractivity contribution in [1.82, 2.24) is 4.98 Å². The Morgan fingerprint density at radius 3 is 2.71 bits per heavy atom. The number of benzene rings is 1. The van der Waals surface area contributed by atoms with Gasteiger partial charge in [0.05, 0.1) is 24.4 Å². The van der Waals surface area contributed by atoms with Crippen LogP contribution in [0.2, 0.25) is 0 Å². The van der Waals surface area contributed by atoms with Crippen molar-refractivity contribution in [1.29, 1.82) is 0 Å². The van der Waals surface area contributed by atoms with Crippen LogP contribution in [0, 0.1) is 11.2 Å². The van der Waals surface area contributed by atoms with Crippen LogP contribution in [0.25, 0.3) is 5.57 Å². The largest absolute Gasteiger partial charge is 0.462 e. The number of carbonyl (C=O) groups is 2. The fourth-order valence-corrected chi connectivity index (χ4v) is 5.12. The first kappa shape index (κ1) is 24.9. The molecule has 0 saturated carbocycles. The number of ether oxygens (including phenoxy) is 2. The van der Waals surface area contributed by atoms with Crippen molar-refractivity contribution in [2.45, 2.75) is 70.7 Å². The molecule has 186 valence electrons. The number of allylic oxidation sites excluding steroid dienone is 1. The van der Waals surface area contributed by atoms with E-state index in [9.17, 15) is 19.1 Å². The van der Waals surface area contributed by atoms with Crippen LogP contribution in [0.3, 0.4) is 0 Å². The van der Waals surface area contributed by atoms with Gasteiger partial charge in [-0.1, -0.05) is 31.6 Å². The monoisotopic (exact) mass is 482 g/mol. The Hall–Kier alpha value is -3.26. The molecule has 4 rings (SSSR count). The lowest BCUT2D eigenvalue weighted by Crippen LogP contribution is -2.35. The van der Waals surface area contributed by atoms with Crippen LogP contribution in [0.15, 0.2) is 54.4 Å². The second-order valence-corrected chi connectivity index (χ2v) is 9.89. The first-order valence-corrected chi connectivity index (χ1v) is 11.9. The standard InChI is InChI=1S/C27H31FN2O5/c1-27(2)15-22(35-26(33)30-19-4-3-11-29-16-19)14-23(17-5-7-18(28)8-6-17)24(27)10-9-21-12-20(31)13-25(32)34-21/h3-8,11,16,20-22,31H,9-10,12-15H2,1-2H3,(H,30,33)/t20-,21-,22?/m1/s1. The maximum Gasteiger partial charge on any atom is 0.411 e. The maximum atomic E-state index is 13.7. The minimum atomic E-state index is -0.678. The van der Waals surface area contributed by atoms with Crippen molar-refractivity contribution in [3.8, 4) is 0 Å². The summed E-state index contributed by atoms with van der Waals surface area (Å²) in [5, 5.41) is 12.7. The molecule has 1 aromatic heterocycles. The van der Waals surface area contributed by atoms with Crippen LogP contribution in [-0.4, -0.2) is 40.5 Å². The molecule has 1 aliphatic heterocycles. The van der Waals surface area contributed by atoms with Gasteiger partial charge in [0.15, 0.2) is 0 Å². The molecule has 1 aromatic carbocycles. The van der Waals surface area contributed by atoms with Gasteiger partial charge in [0.2, 0.25) is 0 Å². The lowest BCUT2D eigenvalue weighted by molar-refractivity contribution is -0.160. The van der Waals surface area contributed by atoms with Gasteiger partial charge in [0.1, 0.15) is 18.0 Å². The zero-order valence-electron chi connectivity index (χ0n) is 20.0. The molecule has 1 unspecified atom stereocenters. The number of aliphatic hydroxyl groups is 1. The van der Waals surface area contributed by atoms with E-state index in [2.05, 4.69) is 24.1 Å². The third-order valence-electron chi connectivity index (χ3n) is 6.68. The molecule has 3 atom stereocenters. The van der Waals surface area contributed by atoms with Gasteiger partial charge in [0.25, 0.3) is 0 Å². The van der Waals surface area contributed by atoms with Gasteiger partial charge in [-0.25, -0.2) is 9.18 Å². The molecule has 35 heavy (non-hydrogen) atoms. The van der Waals surface area contributed by atoms with E-state index >= 15 is 0 Å². The van der Waals surface area contributed by atoms with E-state index in [1.165, 1.54) is 12.1 Å². The Balaban J connectivity index is 1.55. The van der Waals surface area contributed by atoms with Gasteiger partial charge in [-0.15, -0.1) is 0 Å². The Morgan fingerprint density at radius 2 is 2.03 bits per heavy atom. The third kappa shape index (κ3) is 6.45. The van der Waals surface area contributed by atoms with Crippen molar-refractivity contribution >= 4 is 23.3 Å². The van der Waals surface area contributed by atoms with Crippen LogP contribution in [0.5, 0.6) is 0 Å². The van der Waals surface area contributed by atoms with Crippen LogP contribution >= 0.6 is 0 Å². The molecular weight excluding hydrogens is 451 g/mol. The first-order chi connectivity index (χ1) is 16.7. The number of pyridine rings is 1. The van der Waals surface area contributed by atoms with Crippen molar-refractivity contribution in [2.24, 2.45) is 5.41 Å². The predicted molar refractivity (Wildman–Crippen MR) is 129 cm³/mol. The number of aromatic nitrogens is 1. The van der Waals surface area contributed by atoms with Gasteiger partial charge in [-0.3, -0.25) is 15.1 Å². The quantitative estimate of drug-likeness (QED) is 0.545. The number of carbonyl (C=O) groups excluding carboxylic acids is 2. The lowest BCUT2D eigenvalue weighted by Gasteiger charge is -2.40. The number of halogens is 1. The summed E-state index contributed by atoms with van der Waals surface area (Å²) in [6.45, 7) is 4.20. The lowest BCUT2D eigenvalue weighted by atomic mass is 9.68. The molecule has 1 amide bonds. The highest BCUT2D eigenvalue weighted by Gasteiger charge is 2.38. The summed E-state index contributed by atoms with van der Waals surface area (Å²) in [5.41, 5.74) is 3.26. The van der Waals surface area contributed by atoms with E-state index in [0.29, 0.717) is 37.8 Å². The fraction of sp³-hybridized carbons (Fsp3) is 0.444. The van der Waals surface area contributed by atoms with Crippen LogP contribution in [-0.2, 0) is 14.3 Å². The van der Waals surface area contributed by atoms with Gasteiger partial charge in [0, 0.05) is 19.0 Å². The van der Waals surface area contributed by atoms with Crippen molar-refractivity contribution in [3.63, 3.8) is 0 Å². The molecule has 8 heteroatoms. The highest BCUT2D eigenvalue weighted by atomic mass is 19.1. The SMILES string of the molecule is CC1(C)CC(OC(=O)Nc2cccnc2)CC(c2ccc(F)cc2)=C1CC[C@@H]1C[C@@H](O)CC(=O)O1. The molecule has 1 aliphatic carbocycles. The van der Waals surface area contributed by atoms with Crippen molar-refractivity contribution in [3.05, 3.63) is 65.7 Å². The molecule has 2 aromatic rings. The average molecular weight is 483 g/mol. The van der Waals surface area contributed by atoms with E-state index in [1.807, 2.05) is 0 Å². The first-order valence-electron chi connectivity index (χ1n) is 11.9. The normalized spacial score (nSPS) is 24.0. The van der Waals surface area contributed by atoms with Gasteiger partial charge in [-0.2, -0.15) is 0 Å². The smallest absolute Gasteiger partial charge is 0.411 e. The molecule has 2 N–H and O–H groups in total. The summed E-state index contributed by atoms with van der Waals surface area (Å²) in [6, 6.07) is 9.78. The molecule has 1 fully saturated rings. The highest BCUT2D eigenvalue weighted by molar-refractivity contribution is 5.84. The highest BCUT2D eigenvalue weighted by Crippen LogP contribution is 2.47. The second kappa shape index (κ2) is 10.6. The van der Waals surface area contributed by atoms with E-state index in [0.717, 1.165) is 16.7 Å². The van der Waals surface area contributed by atoms with E-state index < -0.39 is 12.2 Å². The van der Waals surface area contributed by atoms with Crippen LogP contribution in [0.1, 0.15) is 57.9 Å². The van der Waals surface area contributed by atoms with E-state index in [4.69, 9.17) is 9.47 Å². The van der Waals surface area contributed by atoms with Crippen molar-refractivity contribution in [2.75, 3.05) is 5.32 Å². The molecular formula is C27H31FN2O5. The van der Waals surface area contributed by atoms with Crippen LogP contribution < -0.4 is 5.32 Å². The van der Waals surface area contributed by atoms with Crippen molar-refractivity contribution < 1.29 is 28.6 Å². The number of cyclic esters (lactones) is 1. The topological polar surface area (TPSA) is 97.8 Å². The number of rotatable bonds is 6. The average Bonchev–Trinajstić information content (AvgIpc) is 2.78. The number of nitrogens with zero attached hydrogens (tertiary/aromatic N) is 1. The van der Waals surface area contributed by atoms with Crippen LogP contribution in [0.4, 0.5) is 14.9 Å². The zero-order valence-corrected chi connectivity index (χ0v) is 20.0. The minimum Gasteiger partial charge on any atom is -0.462 e. The number of hydrogen-bond donors (Lipinski definition) is 2. The summed E-state index contributed by atoms with van der Waals surface area (Å²) in [5.74, 6) is -0.699. The number of anilines is 1. The van der Waals surface area contributed by atoms with Gasteiger partial charge in [-0.05, 0) is 60.1 Å². The summed E-state index contributed by atoms with van der Waals surface area (Å²) >= 11 is 0. The van der Waals surface area contributed by atoms with E-state index in [1.54, 1.807) is 36.7 Å².